The number of rotatable bonds is 8. The summed E-state index contributed by atoms with van der Waals surface area (Å²) in [6.45, 7) is 2.55. The van der Waals surface area contributed by atoms with E-state index in [9.17, 15) is 0 Å². The Morgan fingerprint density at radius 1 is 1.13 bits per heavy atom. The minimum absolute atomic E-state index is 0.293. The Morgan fingerprint density at radius 3 is 2.87 bits per heavy atom. The Bertz CT molecular complexity index is 585. The van der Waals surface area contributed by atoms with Crippen LogP contribution >= 0.6 is 0 Å². The Labute approximate surface area is 137 Å². The Balaban J connectivity index is 1.40. The van der Waals surface area contributed by atoms with Crippen LogP contribution in [0.2, 0.25) is 0 Å². The maximum absolute atomic E-state index is 5.59. The molecular formula is C18H24N4O. The molecule has 0 amide bonds. The second-order valence-corrected chi connectivity index (χ2v) is 5.80. The predicted molar refractivity (Wildman–Crippen MR) is 92.7 cm³/mol. The largest absolute Gasteiger partial charge is 0.376 e. The average molecular weight is 312 g/mol. The van der Waals surface area contributed by atoms with E-state index in [0.29, 0.717) is 12.1 Å². The van der Waals surface area contributed by atoms with Gasteiger partial charge in [0.25, 0.3) is 0 Å². The summed E-state index contributed by atoms with van der Waals surface area (Å²) in [7, 11) is 0. The zero-order valence-electron chi connectivity index (χ0n) is 13.4. The molecule has 1 saturated heterocycles. The van der Waals surface area contributed by atoms with Crippen LogP contribution in [-0.4, -0.2) is 35.8 Å². The zero-order chi connectivity index (χ0) is 15.7. The van der Waals surface area contributed by atoms with Crippen LogP contribution in [0.1, 0.15) is 24.8 Å². The van der Waals surface area contributed by atoms with E-state index in [2.05, 4.69) is 44.9 Å². The monoisotopic (exact) mass is 312 g/mol. The Kier molecular flexibility index (Phi) is 5.81. The van der Waals surface area contributed by atoms with E-state index in [0.717, 1.165) is 51.2 Å². The number of aryl methyl sites for hydroxylation is 1. The van der Waals surface area contributed by atoms with E-state index in [1.807, 2.05) is 12.1 Å². The fourth-order valence-electron chi connectivity index (χ4n) is 2.71. The molecule has 0 bridgehead atoms. The van der Waals surface area contributed by atoms with E-state index in [1.54, 1.807) is 6.20 Å². The summed E-state index contributed by atoms with van der Waals surface area (Å²) < 4.78 is 5.59. The van der Waals surface area contributed by atoms with Crippen LogP contribution in [0, 0.1) is 0 Å². The molecule has 1 aromatic carbocycles. The van der Waals surface area contributed by atoms with Gasteiger partial charge in [0.1, 0.15) is 5.82 Å². The number of hydrogen-bond acceptors (Lipinski definition) is 5. The topological polar surface area (TPSA) is 59.1 Å². The second kappa shape index (κ2) is 8.48. The van der Waals surface area contributed by atoms with Crippen molar-refractivity contribution in [1.29, 1.82) is 0 Å². The third-order valence-corrected chi connectivity index (χ3v) is 3.96. The number of nitrogens with one attached hydrogen (secondary N) is 2. The average Bonchev–Trinajstić information content (AvgIpc) is 3.12. The molecule has 122 valence electrons. The zero-order valence-corrected chi connectivity index (χ0v) is 13.4. The molecule has 1 aliphatic rings. The summed E-state index contributed by atoms with van der Waals surface area (Å²) in [6.07, 6.45) is 6.49. The van der Waals surface area contributed by atoms with Crippen molar-refractivity contribution in [2.24, 2.45) is 0 Å². The van der Waals surface area contributed by atoms with Gasteiger partial charge in [-0.05, 0) is 37.3 Å². The van der Waals surface area contributed by atoms with Gasteiger partial charge in [0.05, 0.1) is 6.10 Å². The Morgan fingerprint density at radius 2 is 2.04 bits per heavy atom. The van der Waals surface area contributed by atoms with E-state index in [4.69, 9.17) is 4.74 Å². The van der Waals surface area contributed by atoms with Crippen molar-refractivity contribution < 1.29 is 4.74 Å². The third kappa shape index (κ3) is 5.21. The first-order chi connectivity index (χ1) is 11.4. The number of ether oxygens (including phenoxy) is 1. The SMILES string of the molecule is c1ccc(CCCNc2ccnc(NCC3CCCO3)n2)cc1. The van der Waals surface area contributed by atoms with Gasteiger partial charge in [-0.15, -0.1) is 0 Å². The van der Waals surface area contributed by atoms with Crippen LogP contribution in [-0.2, 0) is 11.2 Å². The number of benzene rings is 1. The lowest BCUT2D eigenvalue weighted by molar-refractivity contribution is 0.120. The quantitative estimate of drug-likeness (QED) is 0.734. The molecule has 0 aliphatic carbocycles. The summed E-state index contributed by atoms with van der Waals surface area (Å²) in [5.41, 5.74) is 1.37. The van der Waals surface area contributed by atoms with Crippen LogP contribution in [0.25, 0.3) is 0 Å². The lowest BCUT2D eigenvalue weighted by Crippen LogP contribution is -2.19. The van der Waals surface area contributed by atoms with Crippen molar-refractivity contribution in [3.8, 4) is 0 Å². The van der Waals surface area contributed by atoms with Crippen molar-refractivity contribution in [3.63, 3.8) is 0 Å². The molecule has 1 atom stereocenters. The predicted octanol–water partition coefficient (Wildman–Crippen LogP) is 3.11. The van der Waals surface area contributed by atoms with Crippen LogP contribution in [0.4, 0.5) is 11.8 Å². The standard InChI is InChI=1S/C18H24N4O/c1-2-6-15(7-3-1)8-4-11-19-17-10-12-20-18(22-17)21-14-16-9-5-13-23-16/h1-3,6-7,10,12,16H,4-5,8-9,11,13-14H2,(H2,19,20,21,22). The minimum Gasteiger partial charge on any atom is -0.376 e. The Hall–Kier alpha value is -2.14. The summed E-state index contributed by atoms with van der Waals surface area (Å²) in [5.74, 6) is 1.52. The molecule has 0 saturated carbocycles. The fourth-order valence-corrected chi connectivity index (χ4v) is 2.71. The molecule has 1 aliphatic heterocycles. The van der Waals surface area contributed by atoms with Crippen LogP contribution < -0.4 is 10.6 Å². The summed E-state index contributed by atoms with van der Waals surface area (Å²) in [4.78, 5) is 8.75. The van der Waals surface area contributed by atoms with E-state index in [1.165, 1.54) is 5.56 Å². The van der Waals surface area contributed by atoms with Crippen molar-refractivity contribution in [2.75, 3.05) is 30.3 Å². The van der Waals surface area contributed by atoms with Gasteiger partial charge >= 0.3 is 0 Å². The van der Waals surface area contributed by atoms with Gasteiger partial charge in [-0.1, -0.05) is 30.3 Å². The lowest BCUT2D eigenvalue weighted by atomic mass is 10.1. The van der Waals surface area contributed by atoms with Gasteiger partial charge in [0.2, 0.25) is 5.95 Å². The fraction of sp³-hybridized carbons (Fsp3) is 0.444. The lowest BCUT2D eigenvalue weighted by Gasteiger charge is -2.11. The summed E-state index contributed by atoms with van der Waals surface area (Å²) in [5, 5.41) is 6.62. The number of aromatic nitrogens is 2. The highest BCUT2D eigenvalue weighted by Crippen LogP contribution is 2.13. The van der Waals surface area contributed by atoms with Gasteiger partial charge in [-0.2, -0.15) is 4.98 Å². The van der Waals surface area contributed by atoms with Gasteiger partial charge in [-0.25, -0.2) is 4.98 Å². The maximum atomic E-state index is 5.59. The van der Waals surface area contributed by atoms with E-state index >= 15 is 0 Å². The van der Waals surface area contributed by atoms with Gasteiger partial charge in [0, 0.05) is 25.9 Å². The third-order valence-electron chi connectivity index (χ3n) is 3.96. The second-order valence-electron chi connectivity index (χ2n) is 5.80. The minimum atomic E-state index is 0.293. The van der Waals surface area contributed by atoms with Crippen LogP contribution in [0.5, 0.6) is 0 Å². The number of hydrogen-bond donors (Lipinski definition) is 2. The highest BCUT2D eigenvalue weighted by atomic mass is 16.5. The van der Waals surface area contributed by atoms with Gasteiger partial charge in [-0.3, -0.25) is 0 Å². The molecule has 5 heteroatoms. The van der Waals surface area contributed by atoms with Crippen LogP contribution in [0.15, 0.2) is 42.6 Å². The molecule has 1 fully saturated rings. The maximum Gasteiger partial charge on any atom is 0.224 e. The molecule has 5 nitrogen and oxygen atoms in total. The first-order valence-electron chi connectivity index (χ1n) is 8.36. The molecule has 1 aromatic heterocycles. The van der Waals surface area contributed by atoms with Gasteiger partial charge in [0.15, 0.2) is 0 Å². The summed E-state index contributed by atoms with van der Waals surface area (Å²) in [6, 6.07) is 12.4. The highest BCUT2D eigenvalue weighted by molar-refractivity contribution is 5.39. The normalized spacial score (nSPS) is 17.1. The molecule has 2 N–H and O–H groups in total. The van der Waals surface area contributed by atoms with E-state index < -0.39 is 0 Å². The smallest absolute Gasteiger partial charge is 0.224 e. The molecule has 0 spiro atoms. The number of nitrogens with zero attached hydrogens (tertiary/aromatic N) is 2. The number of anilines is 2. The van der Waals surface area contributed by atoms with Crippen LogP contribution in [0.3, 0.4) is 0 Å². The first-order valence-corrected chi connectivity index (χ1v) is 8.36. The van der Waals surface area contributed by atoms with E-state index in [-0.39, 0.29) is 0 Å². The van der Waals surface area contributed by atoms with Crippen molar-refractivity contribution in [2.45, 2.75) is 31.8 Å². The molecule has 23 heavy (non-hydrogen) atoms. The molecule has 0 radical (unpaired) electrons. The van der Waals surface area contributed by atoms with Crippen molar-refractivity contribution >= 4 is 11.8 Å². The summed E-state index contributed by atoms with van der Waals surface area (Å²) >= 11 is 0. The highest BCUT2D eigenvalue weighted by Gasteiger charge is 2.15. The molecule has 2 heterocycles. The molecule has 2 aromatic rings. The molecule has 1 unspecified atom stereocenters. The molecular weight excluding hydrogens is 288 g/mol. The van der Waals surface area contributed by atoms with Gasteiger partial charge < -0.3 is 15.4 Å². The first kappa shape index (κ1) is 15.7. The van der Waals surface area contributed by atoms with Crippen molar-refractivity contribution in [1.82, 2.24) is 9.97 Å². The van der Waals surface area contributed by atoms with Crippen molar-refractivity contribution in [3.05, 3.63) is 48.2 Å². The molecule has 3 rings (SSSR count).